The number of benzene rings is 2. The number of nitrogens with zero attached hydrogens (tertiary/aromatic N) is 2. The van der Waals surface area contributed by atoms with Gasteiger partial charge in [-0.15, -0.1) is 0 Å². The Bertz CT molecular complexity index is 958. The minimum atomic E-state index is -3.65. The molecule has 27 heavy (non-hydrogen) atoms. The standard InChI is InChI=1S/C18H18Cl2N2O4S/c1-26-17-6-5-14(20)12-16(17)18(23)21-7-9-22(10-8-21)27(24,25)15-4-2-3-13(19)11-15/h2-6,11-12H,7-10H2,1H3. The largest absolute Gasteiger partial charge is 0.496 e. The van der Waals surface area contributed by atoms with Crippen molar-refractivity contribution in [2.24, 2.45) is 0 Å². The molecule has 1 fully saturated rings. The number of halogens is 2. The number of ether oxygens (including phenoxy) is 1. The Morgan fingerprint density at radius 2 is 1.67 bits per heavy atom. The summed E-state index contributed by atoms with van der Waals surface area (Å²) in [6, 6.07) is 11.0. The molecule has 0 spiro atoms. The lowest BCUT2D eigenvalue weighted by atomic mass is 10.1. The summed E-state index contributed by atoms with van der Waals surface area (Å²) in [6.07, 6.45) is 0. The topological polar surface area (TPSA) is 66.9 Å². The summed E-state index contributed by atoms with van der Waals surface area (Å²) in [5.41, 5.74) is 0.358. The van der Waals surface area contributed by atoms with Crippen molar-refractivity contribution in [3.63, 3.8) is 0 Å². The Balaban J connectivity index is 1.74. The highest BCUT2D eigenvalue weighted by Crippen LogP contribution is 2.26. The van der Waals surface area contributed by atoms with Crippen molar-refractivity contribution in [3.8, 4) is 5.75 Å². The van der Waals surface area contributed by atoms with Gasteiger partial charge in [0.15, 0.2) is 0 Å². The van der Waals surface area contributed by atoms with Crippen LogP contribution in [0.3, 0.4) is 0 Å². The number of piperazine rings is 1. The Morgan fingerprint density at radius 1 is 1.00 bits per heavy atom. The van der Waals surface area contributed by atoms with Crippen molar-refractivity contribution in [1.82, 2.24) is 9.21 Å². The smallest absolute Gasteiger partial charge is 0.257 e. The molecule has 0 radical (unpaired) electrons. The van der Waals surface area contributed by atoms with Gasteiger partial charge in [0.1, 0.15) is 5.75 Å². The summed E-state index contributed by atoms with van der Waals surface area (Å²) in [6.45, 7) is 0.940. The third kappa shape index (κ3) is 4.21. The summed E-state index contributed by atoms with van der Waals surface area (Å²) < 4.78 is 32.1. The van der Waals surface area contributed by atoms with Gasteiger partial charge < -0.3 is 9.64 Å². The summed E-state index contributed by atoms with van der Waals surface area (Å²) >= 11 is 11.9. The molecule has 0 bridgehead atoms. The van der Waals surface area contributed by atoms with Crippen LogP contribution in [-0.4, -0.2) is 56.8 Å². The molecule has 1 saturated heterocycles. The zero-order valence-corrected chi connectivity index (χ0v) is 16.9. The maximum absolute atomic E-state index is 12.8. The predicted molar refractivity (Wildman–Crippen MR) is 104 cm³/mol. The van der Waals surface area contributed by atoms with Crippen molar-refractivity contribution in [2.45, 2.75) is 4.90 Å². The average Bonchev–Trinajstić information content (AvgIpc) is 2.67. The van der Waals surface area contributed by atoms with E-state index in [0.29, 0.717) is 21.4 Å². The fraction of sp³-hybridized carbons (Fsp3) is 0.278. The minimum Gasteiger partial charge on any atom is -0.496 e. The molecule has 1 amide bonds. The second-order valence-corrected chi connectivity index (χ2v) is 8.81. The van der Waals surface area contributed by atoms with Crippen LogP contribution in [0.2, 0.25) is 10.0 Å². The average molecular weight is 429 g/mol. The number of amides is 1. The van der Waals surface area contributed by atoms with Gasteiger partial charge in [0.05, 0.1) is 17.6 Å². The Labute approximate surface area is 168 Å². The van der Waals surface area contributed by atoms with Crippen LogP contribution in [0.15, 0.2) is 47.4 Å². The van der Waals surface area contributed by atoms with Crippen LogP contribution in [0.1, 0.15) is 10.4 Å². The van der Waals surface area contributed by atoms with Gasteiger partial charge in [-0.25, -0.2) is 8.42 Å². The first kappa shape index (κ1) is 19.9. The SMILES string of the molecule is COc1ccc(Cl)cc1C(=O)N1CCN(S(=O)(=O)c2cccc(Cl)c2)CC1. The first-order chi connectivity index (χ1) is 12.8. The molecule has 2 aromatic carbocycles. The molecule has 0 saturated carbocycles. The fourth-order valence-corrected chi connectivity index (χ4v) is 4.82. The molecule has 1 aliphatic heterocycles. The van der Waals surface area contributed by atoms with Crippen molar-refractivity contribution >= 4 is 39.1 Å². The molecule has 1 aliphatic rings. The summed E-state index contributed by atoms with van der Waals surface area (Å²) in [4.78, 5) is 14.5. The summed E-state index contributed by atoms with van der Waals surface area (Å²) in [5.74, 6) is 0.188. The molecule has 2 aromatic rings. The van der Waals surface area contributed by atoms with Gasteiger partial charge in [0.25, 0.3) is 5.91 Å². The molecular formula is C18H18Cl2N2O4S. The van der Waals surface area contributed by atoms with Gasteiger partial charge in [0, 0.05) is 36.2 Å². The zero-order chi connectivity index (χ0) is 19.6. The van der Waals surface area contributed by atoms with Crippen molar-refractivity contribution < 1.29 is 17.9 Å². The number of hydrogen-bond acceptors (Lipinski definition) is 4. The Kier molecular flexibility index (Phi) is 5.95. The van der Waals surface area contributed by atoms with Crippen molar-refractivity contribution in [1.29, 1.82) is 0 Å². The first-order valence-corrected chi connectivity index (χ1v) is 10.4. The van der Waals surface area contributed by atoms with Gasteiger partial charge in [-0.3, -0.25) is 4.79 Å². The molecule has 6 nitrogen and oxygen atoms in total. The molecule has 144 valence electrons. The number of hydrogen-bond donors (Lipinski definition) is 0. The van der Waals surface area contributed by atoms with E-state index in [1.807, 2.05) is 0 Å². The van der Waals surface area contributed by atoms with E-state index >= 15 is 0 Å². The predicted octanol–water partition coefficient (Wildman–Crippen LogP) is 3.15. The lowest BCUT2D eigenvalue weighted by Gasteiger charge is -2.34. The number of carbonyl (C=O) groups excluding carboxylic acids is 1. The fourth-order valence-electron chi connectivity index (χ4n) is 2.93. The van der Waals surface area contributed by atoms with Crippen LogP contribution in [0.5, 0.6) is 5.75 Å². The lowest BCUT2D eigenvalue weighted by Crippen LogP contribution is -2.50. The van der Waals surface area contributed by atoms with E-state index in [4.69, 9.17) is 27.9 Å². The highest BCUT2D eigenvalue weighted by Gasteiger charge is 2.31. The molecular weight excluding hydrogens is 411 g/mol. The summed E-state index contributed by atoms with van der Waals surface area (Å²) in [5, 5.41) is 0.791. The molecule has 1 heterocycles. The third-order valence-corrected chi connectivity index (χ3v) is 6.72. The molecule has 0 aromatic heterocycles. The van der Waals surface area contributed by atoms with Crippen molar-refractivity contribution in [2.75, 3.05) is 33.3 Å². The highest BCUT2D eigenvalue weighted by molar-refractivity contribution is 7.89. The van der Waals surface area contributed by atoms with E-state index < -0.39 is 10.0 Å². The minimum absolute atomic E-state index is 0.145. The molecule has 0 unspecified atom stereocenters. The van der Waals surface area contributed by atoms with E-state index in [-0.39, 0.29) is 37.0 Å². The maximum Gasteiger partial charge on any atom is 0.257 e. The Morgan fingerprint density at radius 3 is 2.30 bits per heavy atom. The second kappa shape index (κ2) is 8.06. The molecule has 9 heteroatoms. The number of carbonyl (C=O) groups is 1. The van der Waals surface area contributed by atoms with E-state index in [0.717, 1.165) is 0 Å². The number of methoxy groups -OCH3 is 1. The van der Waals surface area contributed by atoms with Crippen LogP contribution in [0.25, 0.3) is 0 Å². The number of rotatable bonds is 4. The van der Waals surface area contributed by atoms with Crippen LogP contribution < -0.4 is 4.74 Å². The second-order valence-electron chi connectivity index (χ2n) is 6.00. The normalized spacial score (nSPS) is 15.6. The zero-order valence-electron chi connectivity index (χ0n) is 14.6. The van der Waals surface area contributed by atoms with Gasteiger partial charge in [-0.1, -0.05) is 29.3 Å². The molecule has 0 aliphatic carbocycles. The van der Waals surface area contributed by atoms with Crippen LogP contribution >= 0.6 is 23.2 Å². The van der Waals surface area contributed by atoms with Crippen LogP contribution in [0, 0.1) is 0 Å². The molecule has 0 atom stereocenters. The third-order valence-electron chi connectivity index (χ3n) is 4.35. The number of sulfonamides is 1. The Hall–Kier alpha value is -1.80. The summed E-state index contributed by atoms with van der Waals surface area (Å²) in [7, 11) is -2.17. The lowest BCUT2D eigenvalue weighted by molar-refractivity contribution is 0.0694. The molecule has 3 rings (SSSR count). The molecule has 0 N–H and O–H groups in total. The highest BCUT2D eigenvalue weighted by atomic mass is 35.5. The van der Waals surface area contributed by atoms with Gasteiger partial charge >= 0.3 is 0 Å². The van der Waals surface area contributed by atoms with E-state index in [9.17, 15) is 13.2 Å². The maximum atomic E-state index is 12.8. The quantitative estimate of drug-likeness (QED) is 0.749. The van der Waals surface area contributed by atoms with Crippen molar-refractivity contribution in [3.05, 3.63) is 58.1 Å². The van der Waals surface area contributed by atoms with Crippen LogP contribution in [-0.2, 0) is 10.0 Å². The van der Waals surface area contributed by atoms with Gasteiger partial charge in [0.2, 0.25) is 10.0 Å². The van der Waals surface area contributed by atoms with Crippen LogP contribution in [0.4, 0.5) is 0 Å². The van der Waals surface area contributed by atoms with E-state index in [2.05, 4.69) is 0 Å². The van der Waals surface area contributed by atoms with Gasteiger partial charge in [-0.2, -0.15) is 4.31 Å². The van der Waals surface area contributed by atoms with E-state index in [1.54, 1.807) is 35.2 Å². The first-order valence-electron chi connectivity index (χ1n) is 8.21. The van der Waals surface area contributed by atoms with E-state index in [1.165, 1.54) is 23.5 Å². The van der Waals surface area contributed by atoms with Gasteiger partial charge in [-0.05, 0) is 36.4 Å². The monoisotopic (exact) mass is 428 g/mol.